The molecule has 1 heterocycles. The van der Waals surface area contributed by atoms with E-state index in [4.69, 9.17) is 10.5 Å². The summed E-state index contributed by atoms with van der Waals surface area (Å²) in [5.74, 6) is 1.61. The lowest BCUT2D eigenvalue weighted by Gasteiger charge is -2.29. The van der Waals surface area contributed by atoms with Crippen molar-refractivity contribution in [2.45, 2.75) is 38.3 Å². The molecule has 0 aromatic heterocycles. The monoisotopic (exact) mass is 260 g/mol. The van der Waals surface area contributed by atoms with Crippen LogP contribution >= 0.6 is 0 Å². The largest absolute Gasteiger partial charge is 0.494 e. The Morgan fingerprint density at radius 2 is 2.05 bits per heavy atom. The first-order valence-electron chi connectivity index (χ1n) is 7.52. The van der Waals surface area contributed by atoms with Crippen molar-refractivity contribution < 1.29 is 4.74 Å². The van der Waals surface area contributed by atoms with Crippen LogP contribution in [0.3, 0.4) is 0 Å². The van der Waals surface area contributed by atoms with Crippen LogP contribution in [-0.2, 0) is 0 Å². The van der Waals surface area contributed by atoms with Gasteiger partial charge < -0.3 is 10.5 Å². The molecule has 1 aliphatic heterocycles. The molecule has 2 atom stereocenters. The second-order valence-electron chi connectivity index (χ2n) is 5.67. The molecule has 3 heteroatoms. The molecule has 0 radical (unpaired) electrons. The lowest BCUT2D eigenvalue weighted by Crippen LogP contribution is -2.30. The summed E-state index contributed by atoms with van der Waals surface area (Å²) in [5, 5.41) is 0. The number of para-hydroxylation sites is 1. The number of nitrogens with two attached hydrogens (primary N) is 1. The fraction of sp³-hybridized carbons (Fsp3) is 0.625. The molecule has 2 N–H and O–H groups in total. The van der Waals surface area contributed by atoms with Crippen molar-refractivity contribution in [3.8, 4) is 5.75 Å². The molecule has 1 aliphatic carbocycles. The predicted octanol–water partition coefficient (Wildman–Crippen LogP) is 2.57. The van der Waals surface area contributed by atoms with E-state index >= 15 is 0 Å². The second-order valence-corrected chi connectivity index (χ2v) is 5.67. The van der Waals surface area contributed by atoms with Gasteiger partial charge >= 0.3 is 0 Å². The first-order valence-corrected chi connectivity index (χ1v) is 7.52. The van der Waals surface area contributed by atoms with Gasteiger partial charge in [0, 0.05) is 17.6 Å². The molecule has 1 aromatic rings. The van der Waals surface area contributed by atoms with Crippen LogP contribution in [0.15, 0.2) is 24.3 Å². The number of likely N-dealkylation sites (tertiary alicyclic amines) is 1. The molecule has 2 fully saturated rings. The second kappa shape index (κ2) is 5.51. The van der Waals surface area contributed by atoms with Gasteiger partial charge in [0.2, 0.25) is 0 Å². The lowest BCUT2D eigenvalue weighted by molar-refractivity contribution is 0.213. The normalized spacial score (nSPS) is 27.7. The molecule has 2 aliphatic rings. The zero-order valence-corrected chi connectivity index (χ0v) is 11.7. The summed E-state index contributed by atoms with van der Waals surface area (Å²) in [5.41, 5.74) is 7.34. The topological polar surface area (TPSA) is 38.5 Å². The van der Waals surface area contributed by atoms with Crippen LogP contribution in [0, 0.1) is 5.92 Å². The van der Waals surface area contributed by atoms with Gasteiger partial charge in [0.05, 0.1) is 6.61 Å². The van der Waals surface area contributed by atoms with E-state index in [0.717, 1.165) is 24.9 Å². The van der Waals surface area contributed by atoms with Gasteiger partial charge in [0.1, 0.15) is 5.75 Å². The summed E-state index contributed by atoms with van der Waals surface area (Å²) in [6.07, 6.45) is 3.92. The summed E-state index contributed by atoms with van der Waals surface area (Å²) >= 11 is 0. The summed E-state index contributed by atoms with van der Waals surface area (Å²) in [4.78, 5) is 2.66. The number of nitrogens with zero attached hydrogens (tertiary/aromatic N) is 1. The molecule has 0 amide bonds. The Kier molecular flexibility index (Phi) is 3.76. The van der Waals surface area contributed by atoms with Crippen molar-refractivity contribution in [1.82, 2.24) is 4.90 Å². The van der Waals surface area contributed by atoms with Crippen molar-refractivity contribution >= 4 is 0 Å². The number of rotatable bonds is 5. The van der Waals surface area contributed by atoms with Crippen molar-refractivity contribution in [2.75, 3.05) is 19.7 Å². The molecule has 0 spiro atoms. The highest BCUT2D eigenvalue weighted by Crippen LogP contribution is 2.46. The van der Waals surface area contributed by atoms with E-state index in [2.05, 4.69) is 29.2 Å². The van der Waals surface area contributed by atoms with E-state index in [1.54, 1.807) is 0 Å². The van der Waals surface area contributed by atoms with Crippen molar-refractivity contribution in [1.29, 1.82) is 0 Å². The molecule has 0 bridgehead atoms. The van der Waals surface area contributed by atoms with Crippen LogP contribution in [0.1, 0.15) is 37.8 Å². The third kappa shape index (κ3) is 2.49. The summed E-state index contributed by atoms with van der Waals surface area (Å²) < 4.78 is 5.82. The molecule has 104 valence electrons. The van der Waals surface area contributed by atoms with Gasteiger partial charge in [-0.25, -0.2) is 0 Å². The third-order valence-corrected chi connectivity index (χ3v) is 4.42. The van der Waals surface area contributed by atoms with Gasteiger partial charge in [-0.3, -0.25) is 4.90 Å². The molecule has 2 unspecified atom stereocenters. The van der Waals surface area contributed by atoms with Gasteiger partial charge in [-0.2, -0.15) is 0 Å². The molecule has 1 aromatic carbocycles. The minimum atomic E-state index is 0.459. The van der Waals surface area contributed by atoms with Crippen LogP contribution in [0.4, 0.5) is 0 Å². The van der Waals surface area contributed by atoms with E-state index in [1.165, 1.54) is 31.4 Å². The standard InChI is InChI=1S/C16H24N2O/c1-2-19-15-6-4-3-5-14(15)16-12(11-17)9-10-18(16)13-7-8-13/h3-6,12-13,16H,2,7-11,17H2,1H3. The van der Waals surface area contributed by atoms with Crippen molar-refractivity contribution in [3.05, 3.63) is 29.8 Å². The summed E-state index contributed by atoms with van der Waals surface area (Å²) in [6.45, 7) is 4.73. The maximum Gasteiger partial charge on any atom is 0.124 e. The molecule has 1 saturated carbocycles. The highest BCUT2D eigenvalue weighted by atomic mass is 16.5. The molecular weight excluding hydrogens is 236 g/mol. The van der Waals surface area contributed by atoms with Crippen LogP contribution in [0.5, 0.6) is 5.75 Å². The zero-order valence-electron chi connectivity index (χ0n) is 11.7. The van der Waals surface area contributed by atoms with Crippen LogP contribution in [-0.4, -0.2) is 30.6 Å². The molecule has 3 rings (SSSR count). The number of ether oxygens (including phenoxy) is 1. The van der Waals surface area contributed by atoms with Crippen LogP contribution in [0.2, 0.25) is 0 Å². The summed E-state index contributed by atoms with van der Waals surface area (Å²) in [6, 6.07) is 9.74. The highest BCUT2D eigenvalue weighted by Gasteiger charge is 2.42. The average Bonchev–Trinajstić information content (AvgIpc) is 3.19. The molecule has 3 nitrogen and oxygen atoms in total. The van der Waals surface area contributed by atoms with Crippen molar-refractivity contribution in [2.24, 2.45) is 11.7 Å². The number of hydrogen-bond donors (Lipinski definition) is 1. The van der Waals surface area contributed by atoms with E-state index in [9.17, 15) is 0 Å². The zero-order chi connectivity index (χ0) is 13.2. The number of benzene rings is 1. The predicted molar refractivity (Wildman–Crippen MR) is 77.2 cm³/mol. The smallest absolute Gasteiger partial charge is 0.124 e. The van der Waals surface area contributed by atoms with Crippen LogP contribution < -0.4 is 10.5 Å². The van der Waals surface area contributed by atoms with E-state index in [1.807, 2.05) is 6.92 Å². The Bertz CT molecular complexity index is 431. The maximum atomic E-state index is 6.00. The Balaban J connectivity index is 1.92. The fourth-order valence-corrected chi connectivity index (χ4v) is 3.39. The lowest BCUT2D eigenvalue weighted by atomic mass is 9.93. The Morgan fingerprint density at radius 1 is 1.26 bits per heavy atom. The van der Waals surface area contributed by atoms with Gasteiger partial charge in [0.25, 0.3) is 0 Å². The van der Waals surface area contributed by atoms with Gasteiger partial charge in [-0.05, 0) is 51.3 Å². The van der Waals surface area contributed by atoms with E-state index < -0.39 is 0 Å². The first kappa shape index (κ1) is 12.9. The van der Waals surface area contributed by atoms with Gasteiger partial charge in [-0.15, -0.1) is 0 Å². The first-order chi connectivity index (χ1) is 9.35. The third-order valence-electron chi connectivity index (χ3n) is 4.42. The molecule has 19 heavy (non-hydrogen) atoms. The van der Waals surface area contributed by atoms with E-state index in [0.29, 0.717) is 12.0 Å². The molecular formula is C16H24N2O. The Morgan fingerprint density at radius 3 is 2.74 bits per heavy atom. The maximum absolute atomic E-state index is 6.00. The van der Waals surface area contributed by atoms with Gasteiger partial charge in [-0.1, -0.05) is 18.2 Å². The Labute approximate surface area is 115 Å². The van der Waals surface area contributed by atoms with Gasteiger partial charge in [0.15, 0.2) is 0 Å². The van der Waals surface area contributed by atoms with E-state index in [-0.39, 0.29) is 0 Å². The number of hydrogen-bond acceptors (Lipinski definition) is 3. The van der Waals surface area contributed by atoms with Crippen molar-refractivity contribution in [3.63, 3.8) is 0 Å². The fourth-order valence-electron chi connectivity index (χ4n) is 3.39. The Hall–Kier alpha value is -1.06. The SMILES string of the molecule is CCOc1ccccc1C1C(CN)CCN1C1CC1. The minimum absolute atomic E-state index is 0.459. The minimum Gasteiger partial charge on any atom is -0.494 e. The molecule has 1 saturated heterocycles. The average molecular weight is 260 g/mol. The quantitative estimate of drug-likeness (QED) is 0.884. The summed E-state index contributed by atoms with van der Waals surface area (Å²) in [7, 11) is 0. The van der Waals surface area contributed by atoms with Crippen LogP contribution in [0.25, 0.3) is 0 Å². The highest BCUT2D eigenvalue weighted by molar-refractivity contribution is 5.37.